The SMILES string of the molecule is COc1ccc(Cn2nc(C)c(NC(=S)Nc3cnn(Cc4ccccc4C)c3)c2C)cc1OC. The Morgan fingerprint density at radius 3 is 2.49 bits per heavy atom. The van der Waals surface area contributed by atoms with Gasteiger partial charge in [-0.1, -0.05) is 30.3 Å². The van der Waals surface area contributed by atoms with Crippen LogP contribution in [0.15, 0.2) is 54.9 Å². The van der Waals surface area contributed by atoms with Crippen molar-refractivity contribution in [1.82, 2.24) is 19.6 Å². The van der Waals surface area contributed by atoms with Gasteiger partial charge in [0.05, 0.1) is 56.3 Å². The highest BCUT2D eigenvalue weighted by atomic mass is 32.1. The average molecular weight is 491 g/mol. The molecule has 0 amide bonds. The van der Waals surface area contributed by atoms with E-state index in [9.17, 15) is 0 Å². The van der Waals surface area contributed by atoms with Gasteiger partial charge in [-0.15, -0.1) is 0 Å². The molecular weight excluding hydrogens is 460 g/mol. The van der Waals surface area contributed by atoms with Gasteiger partial charge < -0.3 is 20.1 Å². The first-order chi connectivity index (χ1) is 16.9. The van der Waals surface area contributed by atoms with Crippen LogP contribution in [-0.2, 0) is 13.1 Å². The van der Waals surface area contributed by atoms with Crippen LogP contribution >= 0.6 is 12.2 Å². The van der Waals surface area contributed by atoms with E-state index < -0.39 is 0 Å². The fraction of sp³-hybridized carbons (Fsp3) is 0.269. The van der Waals surface area contributed by atoms with Crippen LogP contribution in [0.2, 0.25) is 0 Å². The van der Waals surface area contributed by atoms with Crippen LogP contribution in [0.25, 0.3) is 0 Å². The lowest BCUT2D eigenvalue weighted by Gasteiger charge is -2.11. The Bertz CT molecular complexity index is 1340. The lowest BCUT2D eigenvalue weighted by Crippen LogP contribution is -2.19. The highest BCUT2D eigenvalue weighted by molar-refractivity contribution is 7.80. The molecule has 0 radical (unpaired) electrons. The van der Waals surface area contributed by atoms with Crippen molar-refractivity contribution in [2.45, 2.75) is 33.9 Å². The molecule has 35 heavy (non-hydrogen) atoms. The summed E-state index contributed by atoms with van der Waals surface area (Å²) >= 11 is 5.57. The van der Waals surface area contributed by atoms with Gasteiger partial charge in [0.2, 0.25) is 0 Å². The van der Waals surface area contributed by atoms with Crippen LogP contribution in [0.3, 0.4) is 0 Å². The monoisotopic (exact) mass is 490 g/mol. The van der Waals surface area contributed by atoms with E-state index in [0.29, 0.717) is 29.7 Å². The molecule has 2 heterocycles. The molecule has 0 aliphatic carbocycles. The number of hydrogen-bond donors (Lipinski definition) is 2. The normalized spacial score (nSPS) is 10.8. The van der Waals surface area contributed by atoms with Crippen molar-refractivity contribution in [3.8, 4) is 11.5 Å². The van der Waals surface area contributed by atoms with E-state index in [2.05, 4.69) is 34.8 Å². The van der Waals surface area contributed by atoms with Gasteiger partial charge in [0.1, 0.15) is 0 Å². The highest BCUT2D eigenvalue weighted by Crippen LogP contribution is 2.28. The Hall–Kier alpha value is -3.85. The minimum atomic E-state index is 0.484. The number of aromatic nitrogens is 4. The molecule has 0 saturated carbocycles. The summed E-state index contributed by atoms with van der Waals surface area (Å²) in [5, 5.41) is 16.2. The zero-order chi connectivity index (χ0) is 24.9. The summed E-state index contributed by atoms with van der Waals surface area (Å²) in [6.45, 7) is 7.39. The van der Waals surface area contributed by atoms with Crippen LogP contribution in [0.1, 0.15) is 28.1 Å². The van der Waals surface area contributed by atoms with Crippen molar-refractivity contribution in [3.63, 3.8) is 0 Å². The number of rotatable bonds is 8. The van der Waals surface area contributed by atoms with Crippen molar-refractivity contribution in [1.29, 1.82) is 0 Å². The molecule has 9 heteroatoms. The fourth-order valence-corrected chi connectivity index (χ4v) is 4.16. The molecule has 0 aliphatic rings. The highest BCUT2D eigenvalue weighted by Gasteiger charge is 2.14. The van der Waals surface area contributed by atoms with Gasteiger partial charge in [0, 0.05) is 6.20 Å². The van der Waals surface area contributed by atoms with Gasteiger partial charge in [-0.25, -0.2) is 0 Å². The fourth-order valence-electron chi connectivity index (χ4n) is 3.94. The lowest BCUT2D eigenvalue weighted by molar-refractivity contribution is 0.354. The summed E-state index contributed by atoms with van der Waals surface area (Å²) < 4.78 is 14.6. The molecule has 0 aliphatic heterocycles. The molecule has 0 unspecified atom stereocenters. The lowest BCUT2D eigenvalue weighted by atomic mass is 10.1. The van der Waals surface area contributed by atoms with Gasteiger partial charge in [-0.2, -0.15) is 10.2 Å². The number of aryl methyl sites for hydroxylation is 2. The largest absolute Gasteiger partial charge is 0.493 e. The van der Waals surface area contributed by atoms with E-state index >= 15 is 0 Å². The summed E-state index contributed by atoms with van der Waals surface area (Å²) in [6, 6.07) is 14.2. The second-order valence-electron chi connectivity index (χ2n) is 8.33. The average Bonchev–Trinajstić information content (AvgIpc) is 3.39. The van der Waals surface area contributed by atoms with Crippen LogP contribution < -0.4 is 20.1 Å². The van der Waals surface area contributed by atoms with E-state index in [0.717, 1.165) is 28.3 Å². The van der Waals surface area contributed by atoms with Crippen molar-refractivity contribution >= 4 is 28.7 Å². The first kappa shape index (κ1) is 24.3. The molecule has 0 saturated heterocycles. The third-order valence-corrected chi connectivity index (χ3v) is 6.09. The maximum atomic E-state index is 5.57. The molecule has 2 N–H and O–H groups in total. The summed E-state index contributed by atoms with van der Waals surface area (Å²) in [5.74, 6) is 1.39. The maximum absolute atomic E-state index is 5.57. The van der Waals surface area contributed by atoms with E-state index in [1.807, 2.05) is 59.7 Å². The zero-order valence-corrected chi connectivity index (χ0v) is 21.4. The number of methoxy groups -OCH3 is 2. The Morgan fingerprint density at radius 2 is 1.74 bits per heavy atom. The maximum Gasteiger partial charge on any atom is 0.175 e. The molecule has 0 atom stereocenters. The second-order valence-corrected chi connectivity index (χ2v) is 8.73. The topological polar surface area (TPSA) is 78.2 Å². The quantitative estimate of drug-likeness (QED) is 0.339. The predicted molar refractivity (Wildman–Crippen MR) is 143 cm³/mol. The number of thiocarbonyl (C=S) groups is 1. The van der Waals surface area contributed by atoms with Gasteiger partial charge in [0.15, 0.2) is 16.6 Å². The minimum absolute atomic E-state index is 0.484. The van der Waals surface area contributed by atoms with Crippen LogP contribution in [0.5, 0.6) is 11.5 Å². The van der Waals surface area contributed by atoms with Crippen molar-refractivity contribution in [3.05, 3.63) is 82.9 Å². The Morgan fingerprint density at radius 1 is 0.971 bits per heavy atom. The van der Waals surface area contributed by atoms with Crippen molar-refractivity contribution < 1.29 is 9.47 Å². The van der Waals surface area contributed by atoms with Crippen LogP contribution in [0.4, 0.5) is 11.4 Å². The molecule has 4 rings (SSSR count). The van der Waals surface area contributed by atoms with Crippen molar-refractivity contribution in [2.75, 3.05) is 24.9 Å². The molecule has 8 nitrogen and oxygen atoms in total. The number of anilines is 2. The molecule has 0 fully saturated rings. The summed E-state index contributed by atoms with van der Waals surface area (Å²) in [6.07, 6.45) is 3.72. The Balaban J connectivity index is 1.41. The first-order valence-electron chi connectivity index (χ1n) is 11.3. The third kappa shape index (κ3) is 5.63. The molecule has 0 spiro atoms. The number of hydrogen-bond acceptors (Lipinski definition) is 5. The first-order valence-corrected chi connectivity index (χ1v) is 11.7. The molecule has 2 aromatic heterocycles. The number of ether oxygens (including phenoxy) is 2. The number of nitrogens with zero attached hydrogens (tertiary/aromatic N) is 4. The predicted octanol–water partition coefficient (Wildman–Crippen LogP) is 4.93. The van der Waals surface area contributed by atoms with E-state index in [1.54, 1.807) is 20.4 Å². The zero-order valence-electron chi connectivity index (χ0n) is 20.6. The van der Waals surface area contributed by atoms with E-state index in [1.165, 1.54) is 11.1 Å². The smallest absolute Gasteiger partial charge is 0.175 e. The van der Waals surface area contributed by atoms with Gasteiger partial charge >= 0.3 is 0 Å². The molecule has 182 valence electrons. The standard InChI is InChI=1S/C26H30N6O2S/c1-17-8-6-7-9-21(17)15-31-16-22(13-27-31)28-26(35)29-25-18(2)30-32(19(25)3)14-20-10-11-23(33-4)24(12-20)34-5/h6-13,16H,14-15H2,1-5H3,(H2,28,29,35). The molecule has 2 aromatic carbocycles. The van der Waals surface area contributed by atoms with Crippen molar-refractivity contribution in [2.24, 2.45) is 0 Å². The Labute approximate surface area is 210 Å². The molecule has 4 aromatic rings. The number of nitrogens with one attached hydrogen (secondary N) is 2. The van der Waals surface area contributed by atoms with Gasteiger partial charge in [-0.3, -0.25) is 9.36 Å². The second kappa shape index (κ2) is 10.6. The minimum Gasteiger partial charge on any atom is -0.493 e. The van der Waals surface area contributed by atoms with Gasteiger partial charge in [0.25, 0.3) is 0 Å². The van der Waals surface area contributed by atoms with Gasteiger partial charge in [-0.05, 0) is 61.8 Å². The number of benzene rings is 2. The molecule has 0 bridgehead atoms. The van der Waals surface area contributed by atoms with E-state index in [-0.39, 0.29) is 0 Å². The summed E-state index contributed by atoms with van der Waals surface area (Å²) in [5.41, 5.74) is 7.08. The molecular formula is C26H30N6O2S. The summed E-state index contributed by atoms with van der Waals surface area (Å²) in [4.78, 5) is 0. The van der Waals surface area contributed by atoms with Crippen LogP contribution in [0, 0.1) is 20.8 Å². The summed E-state index contributed by atoms with van der Waals surface area (Å²) in [7, 11) is 3.26. The van der Waals surface area contributed by atoms with E-state index in [4.69, 9.17) is 26.8 Å². The van der Waals surface area contributed by atoms with Crippen LogP contribution in [-0.4, -0.2) is 38.9 Å². The third-order valence-electron chi connectivity index (χ3n) is 5.89. The Kier molecular flexibility index (Phi) is 7.36.